The van der Waals surface area contributed by atoms with E-state index in [0.29, 0.717) is 19.3 Å². The Morgan fingerprint density at radius 1 is 1.33 bits per heavy atom. The van der Waals surface area contributed by atoms with E-state index in [0.717, 1.165) is 12.1 Å². The predicted molar refractivity (Wildman–Crippen MR) is 71.5 cm³/mol. The Morgan fingerprint density at radius 3 is 2.50 bits per heavy atom. The van der Waals surface area contributed by atoms with Gasteiger partial charge in [-0.25, -0.2) is 0 Å². The fraction of sp³-hybridized carbons (Fsp3) is 0.667. The molecule has 3 heteroatoms. The standard InChI is InChI=1S/C15H23NO2/c1-4-13-5-6-14(16-10-13)9-15(17)7-11(2)18-12(3)8-15/h5-6,10-12,17H,4,7-9H2,1-3H3. The highest BCUT2D eigenvalue weighted by molar-refractivity contribution is 5.15. The Hall–Kier alpha value is -0.930. The molecule has 0 aliphatic carbocycles. The van der Waals surface area contributed by atoms with Crippen LogP contribution in [-0.4, -0.2) is 27.9 Å². The number of ether oxygens (including phenoxy) is 1. The molecule has 2 rings (SSSR count). The molecule has 3 nitrogen and oxygen atoms in total. The zero-order valence-corrected chi connectivity index (χ0v) is 11.5. The maximum Gasteiger partial charge on any atom is 0.0752 e. The molecule has 1 aromatic rings. The van der Waals surface area contributed by atoms with Crippen molar-refractivity contribution in [2.45, 2.75) is 64.3 Å². The Bertz CT molecular complexity index is 378. The van der Waals surface area contributed by atoms with Crippen LogP contribution in [0.3, 0.4) is 0 Å². The van der Waals surface area contributed by atoms with Crippen LogP contribution in [0.25, 0.3) is 0 Å². The average Bonchev–Trinajstić information content (AvgIpc) is 2.27. The summed E-state index contributed by atoms with van der Waals surface area (Å²) in [5.74, 6) is 0. The SMILES string of the molecule is CCc1ccc(CC2(O)CC(C)OC(C)C2)nc1. The van der Waals surface area contributed by atoms with Crippen LogP contribution in [0.4, 0.5) is 0 Å². The molecule has 0 aromatic carbocycles. The quantitative estimate of drug-likeness (QED) is 0.895. The minimum absolute atomic E-state index is 0.119. The first-order chi connectivity index (χ1) is 8.50. The van der Waals surface area contributed by atoms with Gasteiger partial charge in [0.1, 0.15) is 0 Å². The van der Waals surface area contributed by atoms with Gasteiger partial charge in [-0.05, 0) is 31.9 Å². The molecule has 2 unspecified atom stereocenters. The maximum atomic E-state index is 10.7. The first-order valence-corrected chi connectivity index (χ1v) is 6.82. The molecule has 1 fully saturated rings. The van der Waals surface area contributed by atoms with Gasteiger partial charge < -0.3 is 9.84 Å². The predicted octanol–water partition coefficient (Wildman–Crippen LogP) is 2.51. The van der Waals surface area contributed by atoms with Gasteiger partial charge in [-0.3, -0.25) is 4.98 Å². The van der Waals surface area contributed by atoms with Crippen LogP contribution in [0.2, 0.25) is 0 Å². The minimum Gasteiger partial charge on any atom is -0.389 e. The largest absolute Gasteiger partial charge is 0.389 e. The monoisotopic (exact) mass is 249 g/mol. The van der Waals surface area contributed by atoms with E-state index in [-0.39, 0.29) is 12.2 Å². The van der Waals surface area contributed by atoms with Gasteiger partial charge in [-0.15, -0.1) is 0 Å². The molecular weight excluding hydrogens is 226 g/mol. The van der Waals surface area contributed by atoms with Crippen molar-refractivity contribution in [3.05, 3.63) is 29.6 Å². The van der Waals surface area contributed by atoms with Gasteiger partial charge in [0, 0.05) is 31.2 Å². The van der Waals surface area contributed by atoms with Gasteiger partial charge in [-0.1, -0.05) is 13.0 Å². The van der Waals surface area contributed by atoms with Crippen molar-refractivity contribution in [2.24, 2.45) is 0 Å². The molecule has 0 bridgehead atoms. The van der Waals surface area contributed by atoms with Crippen molar-refractivity contribution in [3.63, 3.8) is 0 Å². The third-order valence-electron chi connectivity index (χ3n) is 3.60. The molecule has 2 atom stereocenters. The van der Waals surface area contributed by atoms with E-state index >= 15 is 0 Å². The van der Waals surface area contributed by atoms with Crippen LogP contribution >= 0.6 is 0 Å². The van der Waals surface area contributed by atoms with E-state index in [2.05, 4.69) is 18.0 Å². The normalized spacial score (nSPS) is 32.4. The molecule has 2 heterocycles. The summed E-state index contributed by atoms with van der Waals surface area (Å²) in [5.41, 5.74) is 1.54. The first kappa shape index (κ1) is 13.5. The molecule has 1 N–H and O–H groups in total. The van der Waals surface area contributed by atoms with Gasteiger partial charge in [0.15, 0.2) is 0 Å². The summed E-state index contributed by atoms with van der Waals surface area (Å²) in [6, 6.07) is 4.12. The summed E-state index contributed by atoms with van der Waals surface area (Å²) in [5, 5.41) is 10.7. The third-order valence-corrected chi connectivity index (χ3v) is 3.60. The summed E-state index contributed by atoms with van der Waals surface area (Å²) >= 11 is 0. The zero-order chi connectivity index (χ0) is 13.2. The molecule has 100 valence electrons. The van der Waals surface area contributed by atoms with E-state index in [1.54, 1.807) is 0 Å². The average molecular weight is 249 g/mol. The number of nitrogens with zero attached hydrogens (tertiary/aromatic N) is 1. The fourth-order valence-corrected chi connectivity index (χ4v) is 2.90. The molecule has 0 radical (unpaired) electrons. The molecule has 0 amide bonds. The smallest absolute Gasteiger partial charge is 0.0752 e. The van der Waals surface area contributed by atoms with Crippen molar-refractivity contribution in [1.82, 2.24) is 4.98 Å². The van der Waals surface area contributed by atoms with E-state index in [9.17, 15) is 5.11 Å². The Morgan fingerprint density at radius 2 is 2.00 bits per heavy atom. The van der Waals surface area contributed by atoms with Gasteiger partial charge in [0.05, 0.1) is 17.8 Å². The second kappa shape index (κ2) is 5.37. The molecule has 1 aliphatic rings. The Balaban J connectivity index is 2.06. The lowest BCUT2D eigenvalue weighted by Gasteiger charge is -2.39. The zero-order valence-electron chi connectivity index (χ0n) is 11.5. The number of rotatable bonds is 3. The van der Waals surface area contributed by atoms with Gasteiger partial charge in [0.25, 0.3) is 0 Å². The van der Waals surface area contributed by atoms with Crippen molar-refractivity contribution in [1.29, 1.82) is 0 Å². The van der Waals surface area contributed by atoms with Crippen LogP contribution in [0.15, 0.2) is 18.3 Å². The highest BCUT2D eigenvalue weighted by atomic mass is 16.5. The van der Waals surface area contributed by atoms with Crippen molar-refractivity contribution in [3.8, 4) is 0 Å². The number of hydrogen-bond acceptors (Lipinski definition) is 3. The van der Waals surface area contributed by atoms with Gasteiger partial charge in [0.2, 0.25) is 0 Å². The topological polar surface area (TPSA) is 42.4 Å². The van der Waals surface area contributed by atoms with E-state index < -0.39 is 5.60 Å². The lowest BCUT2D eigenvalue weighted by Crippen LogP contribution is -2.45. The van der Waals surface area contributed by atoms with E-state index in [1.807, 2.05) is 26.1 Å². The lowest BCUT2D eigenvalue weighted by atomic mass is 9.84. The van der Waals surface area contributed by atoms with Crippen LogP contribution in [-0.2, 0) is 17.6 Å². The Kier molecular flexibility index (Phi) is 4.03. The second-order valence-electron chi connectivity index (χ2n) is 5.58. The lowest BCUT2D eigenvalue weighted by molar-refractivity contribution is -0.131. The van der Waals surface area contributed by atoms with Crippen molar-refractivity contribution in [2.75, 3.05) is 0 Å². The molecule has 18 heavy (non-hydrogen) atoms. The molecule has 0 saturated carbocycles. The summed E-state index contributed by atoms with van der Waals surface area (Å²) in [6.07, 6.45) is 5.14. The van der Waals surface area contributed by atoms with Crippen molar-refractivity contribution >= 4 is 0 Å². The van der Waals surface area contributed by atoms with E-state index in [1.165, 1.54) is 5.56 Å². The molecule has 1 aliphatic heterocycles. The maximum absolute atomic E-state index is 10.7. The summed E-state index contributed by atoms with van der Waals surface area (Å²) in [6.45, 7) is 6.16. The van der Waals surface area contributed by atoms with E-state index in [4.69, 9.17) is 4.74 Å². The number of aromatic nitrogens is 1. The number of pyridine rings is 1. The highest BCUT2D eigenvalue weighted by Crippen LogP contribution is 2.31. The van der Waals surface area contributed by atoms with Crippen LogP contribution in [0, 0.1) is 0 Å². The summed E-state index contributed by atoms with van der Waals surface area (Å²) in [4.78, 5) is 4.44. The van der Waals surface area contributed by atoms with Crippen LogP contribution < -0.4 is 0 Å². The highest BCUT2D eigenvalue weighted by Gasteiger charge is 2.37. The first-order valence-electron chi connectivity index (χ1n) is 6.82. The minimum atomic E-state index is -0.669. The van der Waals surface area contributed by atoms with Gasteiger partial charge in [-0.2, -0.15) is 0 Å². The van der Waals surface area contributed by atoms with Crippen LogP contribution in [0.1, 0.15) is 44.9 Å². The van der Waals surface area contributed by atoms with Crippen LogP contribution in [0.5, 0.6) is 0 Å². The Labute approximate surface area is 109 Å². The molecule has 0 spiro atoms. The second-order valence-corrected chi connectivity index (χ2v) is 5.58. The number of hydrogen-bond donors (Lipinski definition) is 1. The molecule has 1 aromatic heterocycles. The molecular formula is C15H23NO2. The third kappa shape index (κ3) is 3.30. The summed E-state index contributed by atoms with van der Waals surface area (Å²) in [7, 11) is 0. The number of aryl methyl sites for hydroxylation is 1. The summed E-state index contributed by atoms with van der Waals surface area (Å²) < 4.78 is 5.68. The fourth-order valence-electron chi connectivity index (χ4n) is 2.90. The number of aliphatic hydroxyl groups is 1. The molecule has 1 saturated heterocycles. The van der Waals surface area contributed by atoms with Gasteiger partial charge >= 0.3 is 0 Å². The van der Waals surface area contributed by atoms with Crippen molar-refractivity contribution < 1.29 is 9.84 Å².